The maximum atomic E-state index is 10.7. The van der Waals surface area contributed by atoms with Gasteiger partial charge in [0.25, 0.3) is 6.47 Å². The van der Waals surface area contributed by atoms with Gasteiger partial charge in [0.05, 0.1) is 0 Å². The Morgan fingerprint density at radius 1 is 1.19 bits per heavy atom. The number of ether oxygens (including phenoxy) is 1. The molecule has 2 rings (SSSR count). The summed E-state index contributed by atoms with van der Waals surface area (Å²) in [6.07, 6.45) is 4.81. The van der Waals surface area contributed by atoms with Gasteiger partial charge in [-0.2, -0.15) is 0 Å². The average Bonchev–Trinajstić information content (AvgIpc) is 2.31. The summed E-state index contributed by atoms with van der Waals surface area (Å²) >= 11 is 0. The highest BCUT2D eigenvalue weighted by Crippen LogP contribution is 2.43. The first kappa shape index (κ1) is 11.0. The van der Waals surface area contributed by atoms with E-state index in [0.717, 1.165) is 37.7 Å². The minimum Gasteiger partial charge on any atom is -0.508 e. The van der Waals surface area contributed by atoms with Crippen molar-refractivity contribution >= 4 is 6.47 Å². The number of para-hydroxylation sites is 1. The maximum Gasteiger partial charge on any atom is 0.293 e. The molecule has 0 amide bonds. The molecule has 0 radical (unpaired) electrons. The number of rotatable bonds is 3. The van der Waals surface area contributed by atoms with Crippen molar-refractivity contribution in [2.45, 2.75) is 37.7 Å². The fourth-order valence-corrected chi connectivity index (χ4v) is 2.52. The lowest BCUT2D eigenvalue weighted by Gasteiger charge is -2.36. The van der Waals surface area contributed by atoms with Crippen LogP contribution < -0.4 is 0 Å². The van der Waals surface area contributed by atoms with Crippen LogP contribution in [0, 0.1) is 0 Å². The summed E-state index contributed by atoms with van der Waals surface area (Å²) in [6.45, 7) is 0.498. The van der Waals surface area contributed by atoms with Gasteiger partial charge in [-0.15, -0.1) is 0 Å². The summed E-state index contributed by atoms with van der Waals surface area (Å²) in [5, 5.41) is 9.86. The van der Waals surface area contributed by atoms with Gasteiger partial charge in [-0.1, -0.05) is 24.6 Å². The van der Waals surface area contributed by atoms with E-state index >= 15 is 0 Å². The normalized spacial score (nSPS) is 19.0. The van der Waals surface area contributed by atoms with Crippen LogP contribution in [0.5, 0.6) is 5.75 Å². The molecule has 16 heavy (non-hydrogen) atoms. The Hall–Kier alpha value is -1.51. The van der Waals surface area contributed by atoms with Crippen molar-refractivity contribution in [3.8, 4) is 5.75 Å². The molecule has 0 saturated heterocycles. The number of hydrogen-bond acceptors (Lipinski definition) is 3. The third kappa shape index (κ3) is 1.90. The zero-order valence-corrected chi connectivity index (χ0v) is 9.19. The quantitative estimate of drug-likeness (QED) is 0.797. The highest BCUT2D eigenvalue weighted by atomic mass is 16.5. The van der Waals surface area contributed by atoms with E-state index < -0.39 is 5.60 Å². The van der Waals surface area contributed by atoms with Gasteiger partial charge < -0.3 is 9.84 Å². The van der Waals surface area contributed by atoms with Gasteiger partial charge >= 0.3 is 0 Å². The molecule has 0 heterocycles. The van der Waals surface area contributed by atoms with Gasteiger partial charge in [0, 0.05) is 5.56 Å². The Morgan fingerprint density at radius 3 is 2.50 bits per heavy atom. The first-order chi connectivity index (χ1) is 7.78. The second kappa shape index (κ2) is 4.56. The summed E-state index contributed by atoms with van der Waals surface area (Å²) < 4.78 is 5.30. The lowest BCUT2D eigenvalue weighted by molar-refractivity contribution is -0.148. The summed E-state index contributed by atoms with van der Waals surface area (Å²) in [4.78, 5) is 10.7. The maximum absolute atomic E-state index is 10.7. The molecule has 1 aromatic carbocycles. The van der Waals surface area contributed by atoms with Crippen molar-refractivity contribution in [1.82, 2.24) is 0 Å². The van der Waals surface area contributed by atoms with E-state index in [4.69, 9.17) is 4.74 Å². The Labute approximate surface area is 95.0 Å². The Morgan fingerprint density at radius 2 is 1.88 bits per heavy atom. The van der Waals surface area contributed by atoms with Crippen LogP contribution in [0.2, 0.25) is 0 Å². The number of aromatic hydroxyl groups is 1. The van der Waals surface area contributed by atoms with E-state index in [0.29, 0.717) is 6.47 Å². The van der Waals surface area contributed by atoms with Crippen LogP contribution in [-0.4, -0.2) is 11.6 Å². The fourth-order valence-electron chi connectivity index (χ4n) is 2.52. The van der Waals surface area contributed by atoms with Gasteiger partial charge in [0.1, 0.15) is 11.4 Å². The molecule has 0 atom stereocenters. The van der Waals surface area contributed by atoms with Crippen LogP contribution in [-0.2, 0) is 15.1 Å². The first-order valence-electron chi connectivity index (χ1n) is 5.68. The van der Waals surface area contributed by atoms with E-state index in [2.05, 4.69) is 0 Å². The lowest BCUT2D eigenvalue weighted by Crippen LogP contribution is -2.32. The predicted octanol–water partition coefficient (Wildman–Crippen LogP) is 2.72. The molecule has 1 aromatic rings. The van der Waals surface area contributed by atoms with Crippen molar-refractivity contribution in [3.63, 3.8) is 0 Å². The van der Waals surface area contributed by atoms with Crippen molar-refractivity contribution in [2.75, 3.05) is 0 Å². The molecule has 1 aliphatic carbocycles. The SMILES string of the molecule is O=COC1(c2ccccc2O)CCCCC1. The third-order valence-electron chi connectivity index (χ3n) is 3.33. The van der Waals surface area contributed by atoms with Crippen LogP contribution in [0.15, 0.2) is 24.3 Å². The highest BCUT2D eigenvalue weighted by molar-refractivity contribution is 5.44. The molecular weight excluding hydrogens is 204 g/mol. The number of phenols is 1. The number of carbonyl (C=O) groups is 1. The minimum absolute atomic E-state index is 0.214. The van der Waals surface area contributed by atoms with Gasteiger partial charge in [0.15, 0.2) is 0 Å². The van der Waals surface area contributed by atoms with Crippen molar-refractivity contribution in [3.05, 3.63) is 29.8 Å². The van der Waals surface area contributed by atoms with Crippen LogP contribution in [0.3, 0.4) is 0 Å². The smallest absolute Gasteiger partial charge is 0.293 e. The van der Waals surface area contributed by atoms with Gasteiger partial charge in [0.2, 0.25) is 0 Å². The number of phenolic OH excluding ortho intramolecular Hbond substituents is 1. The molecular formula is C13H16O3. The summed E-state index contributed by atoms with van der Waals surface area (Å²) in [5.74, 6) is 0.214. The molecule has 1 aliphatic rings. The molecule has 1 fully saturated rings. The topological polar surface area (TPSA) is 46.5 Å². The molecule has 3 nitrogen and oxygen atoms in total. The third-order valence-corrected chi connectivity index (χ3v) is 3.33. The van der Waals surface area contributed by atoms with Crippen LogP contribution in [0.25, 0.3) is 0 Å². The second-order valence-corrected chi connectivity index (χ2v) is 4.29. The summed E-state index contributed by atoms with van der Waals surface area (Å²) in [6, 6.07) is 7.11. The number of benzene rings is 1. The van der Waals surface area contributed by atoms with E-state index in [-0.39, 0.29) is 5.75 Å². The predicted molar refractivity (Wildman–Crippen MR) is 60.0 cm³/mol. The Balaban J connectivity index is 2.38. The average molecular weight is 220 g/mol. The molecule has 0 unspecified atom stereocenters. The molecule has 0 bridgehead atoms. The summed E-state index contributed by atoms with van der Waals surface area (Å²) in [7, 11) is 0. The molecule has 1 N–H and O–H groups in total. The van der Waals surface area contributed by atoms with Gasteiger partial charge in [-0.3, -0.25) is 4.79 Å². The lowest BCUT2D eigenvalue weighted by atomic mass is 9.79. The van der Waals surface area contributed by atoms with Crippen LogP contribution in [0.4, 0.5) is 0 Å². The molecule has 1 saturated carbocycles. The minimum atomic E-state index is -0.606. The zero-order chi connectivity index (χ0) is 11.4. The van der Waals surface area contributed by atoms with E-state index in [1.807, 2.05) is 12.1 Å². The fraction of sp³-hybridized carbons (Fsp3) is 0.462. The monoisotopic (exact) mass is 220 g/mol. The van der Waals surface area contributed by atoms with Crippen LogP contribution in [0.1, 0.15) is 37.7 Å². The molecule has 3 heteroatoms. The second-order valence-electron chi connectivity index (χ2n) is 4.29. The Bertz CT molecular complexity index is 367. The van der Waals surface area contributed by atoms with E-state index in [1.54, 1.807) is 12.1 Å². The number of carbonyl (C=O) groups excluding carboxylic acids is 1. The highest BCUT2D eigenvalue weighted by Gasteiger charge is 2.37. The first-order valence-corrected chi connectivity index (χ1v) is 5.68. The van der Waals surface area contributed by atoms with E-state index in [9.17, 15) is 9.90 Å². The Kier molecular flexibility index (Phi) is 3.13. The number of hydrogen-bond donors (Lipinski definition) is 1. The van der Waals surface area contributed by atoms with Crippen molar-refractivity contribution in [2.24, 2.45) is 0 Å². The largest absolute Gasteiger partial charge is 0.508 e. The van der Waals surface area contributed by atoms with Gasteiger partial charge in [-0.25, -0.2) is 0 Å². The standard InChI is InChI=1S/C13H16O3/c14-10-16-13(8-4-1-5-9-13)11-6-2-3-7-12(11)15/h2-3,6-7,10,15H,1,4-5,8-9H2. The van der Waals surface area contributed by atoms with E-state index in [1.165, 1.54) is 0 Å². The molecule has 0 aromatic heterocycles. The van der Waals surface area contributed by atoms with Gasteiger partial charge in [-0.05, 0) is 31.7 Å². The molecule has 86 valence electrons. The van der Waals surface area contributed by atoms with Crippen LogP contribution >= 0.6 is 0 Å². The molecule has 0 aliphatic heterocycles. The zero-order valence-electron chi connectivity index (χ0n) is 9.19. The van der Waals surface area contributed by atoms with Crippen molar-refractivity contribution < 1.29 is 14.6 Å². The summed E-state index contributed by atoms with van der Waals surface area (Å²) in [5.41, 5.74) is 0.132. The molecule has 0 spiro atoms. The van der Waals surface area contributed by atoms with Crippen molar-refractivity contribution in [1.29, 1.82) is 0 Å².